The SMILES string of the molecule is CC(C)N(CC(N)=O)c1ncccc1CNC(C)(C)C. The van der Waals surface area contributed by atoms with E-state index < -0.39 is 0 Å². The Bertz CT molecular complexity index is 451. The standard InChI is InChI=1S/C15H26N4O/c1-11(2)19(10-13(16)20)14-12(7-6-8-17-14)9-18-15(3,4)5/h6-8,11,18H,9-10H2,1-5H3,(H2,16,20). The molecule has 0 fully saturated rings. The Balaban J connectivity index is 3.00. The number of rotatable bonds is 6. The summed E-state index contributed by atoms with van der Waals surface area (Å²) in [6, 6.07) is 4.09. The van der Waals surface area contributed by atoms with Gasteiger partial charge in [0.05, 0.1) is 6.54 Å². The van der Waals surface area contributed by atoms with Crippen LogP contribution in [0.3, 0.4) is 0 Å². The topological polar surface area (TPSA) is 71.2 Å². The number of carbonyl (C=O) groups excluding carboxylic acids is 1. The summed E-state index contributed by atoms with van der Waals surface area (Å²) >= 11 is 0. The van der Waals surface area contributed by atoms with Crippen LogP contribution >= 0.6 is 0 Å². The fraction of sp³-hybridized carbons (Fsp3) is 0.600. The van der Waals surface area contributed by atoms with Crippen molar-refractivity contribution in [1.29, 1.82) is 0 Å². The van der Waals surface area contributed by atoms with Crippen molar-refractivity contribution in [2.45, 2.75) is 52.7 Å². The van der Waals surface area contributed by atoms with Crippen LogP contribution in [-0.2, 0) is 11.3 Å². The highest BCUT2D eigenvalue weighted by atomic mass is 16.1. The van der Waals surface area contributed by atoms with E-state index in [1.54, 1.807) is 6.20 Å². The number of pyridine rings is 1. The predicted molar refractivity (Wildman–Crippen MR) is 82.5 cm³/mol. The van der Waals surface area contributed by atoms with Crippen LogP contribution in [0.5, 0.6) is 0 Å². The van der Waals surface area contributed by atoms with Crippen molar-refractivity contribution in [3.8, 4) is 0 Å². The summed E-state index contributed by atoms with van der Waals surface area (Å²) in [5.74, 6) is 0.470. The van der Waals surface area contributed by atoms with Gasteiger partial charge < -0.3 is 16.0 Å². The minimum Gasteiger partial charge on any atom is -0.368 e. The Morgan fingerprint density at radius 2 is 2.10 bits per heavy atom. The molecule has 0 unspecified atom stereocenters. The van der Waals surface area contributed by atoms with Gasteiger partial charge >= 0.3 is 0 Å². The smallest absolute Gasteiger partial charge is 0.237 e. The van der Waals surface area contributed by atoms with Crippen LogP contribution in [0, 0.1) is 0 Å². The number of anilines is 1. The predicted octanol–water partition coefficient (Wildman–Crippen LogP) is 1.67. The molecule has 0 atom stereocenters. The lowest BCUT2D eigenvalue weighted by Crippen LogP contribution is -2.41. The average molecular weight is 278 g/mol. The molecule has 0 spiro atoms. The molecule has 112 valence electrons. The molecule has 0 aliphatic rings. The van der Waals surface area contributed by atoms with Crippen molar-refractivity contribution in [2.24, 2.45) is 5.73 Å². The van der Waals surface area contributed by atoms with E-state index in [2.05, 4.69) is 31.1 Å². The van der Waals surface area contributed by atoms with E-state index in [9.17, 15) is 4.79 Å². The summed E-state index contributed by atoms with van der Waals surface area (Å²) in [4.78, 5) is 17.6. The third-order valence-corrected chi connectivity index (χ3v) is 2.90. The molecule has 0 bridgehead atoms. The molecule has 5 heteroatoms. The molecule has 0 saturated heterocycles. The zero-order chi connectivity index (χ0) is 15.3. The fourth-order valence-electron chi connectivity index (χ4n) is 1.86. The fourth-order valence-corrected chi connectivity index (χ4v) is 1.86. The highest BCUT2D eigenvalue weighted by Gasteiger charge is 2.18. The number of hydrogen-bond acceptors (Lipinski definition) is 4. The lowest BCUT2D eigenvalue weighted by molar-refractivity contribution is -0.116. The largest absolute Gasteiger partial charge is 0.368 e. The number of primary amides is 1. The first-order valence-corrected chi connectivity index (χ1v) is 6.94. The Labute approximate surface area is 121 Å². The van der Waals surface area contributed by atoms with Crippen molar-refractivity contribution in [3.05, 3.63) is 23.9 Å². The lowest BCUT2D eigenvalue weighted by atomic mass is 10.1. The summed E-state index contributed by atoms with van der Waals surface area (Å²) in [6.07, 6.45) is 1.74. The second-order valence-electron chi connectivity index (χ2n) is 6.28. The van der Waals surface area contributed by atoms with E-state index in [1.807, 2.05) is 30.9 Å². The first-order chi connectivity index (χ1) is 9.20. The number of aromatic nitrogens is 1. The summed E-state index contributed by atoms with van der Waals surface area (Å²) in [7, 11) is 0. The Morgan fingerprint density at radius 1 is 1.45 bits per heavy atom. The van der Waals surface area contributed by atoms with Gasteiger partial charge in [-0.15, -0.1) is 0 Å². The summed E-state index contributed by atoms with van der Waals surface area (Å²) < 4.78 is 0. The van der Waals surface area contributed by atoms with Gasteiger partial charge in [0.1, 0.15) is 5.82 Å². The highest BCUT2D eigenvalue weighted by Crippen LogP contribution is 2.20. The molecule has 0 aliphatic heterocycles. The number of carbonyl (C=O) groups is 1. The molecule has 0 saturated carbocycles. The number of nitrogens with one attached hydrogen (secondary N) is 1. The maximum atomic E-state index is 11.3. The Morgan fingerprint density at radius 3 is 2.60 bits per heavy atom. The van der Waals surface area contributed by atoms with Crippen LogP contribution in [0.25, 0.3) is 0 Å². The first-order valence-electron chi connectivity index (χ1n) is 6.94. The molecule has 5 nitrogen and oxygen atoms in total. The molecule has 1 aromatic rings. The Kier molecular flexibility index (Phi) is 5.51. The van der Waals surface area contributed by atoms with E-state index in [-0.39, 0.29) is 24.0 Å². The normalized spacial score (nSPS) is 11.7. The minimum atomic E-state index is -0.348. The summed E-state index contributed by atoms with van der Waals surface area (Å²) in [5.41, 5.74) is 6.43. The zero-order valence-corrected chi connectivity index (χ0v) is 13.1. The van der Waals surface area contributed by atoms with Gasteiger partial charge in [-0.05, 0) is 40.7 Å². The van der Waals surface area contributed by atoms with Gasteiger partial charge in [0.25, 0.3) is 0 Å². The lowest BCUT2D eigenvalue weighted by Gasteiger charge is -2.29. The molecule has 1 heterocycles. The zero-order valence-electron chi connectivity index (χ0n) is 13.1. The first kappa shape index (κ1) is 16.4. The van der Waals surface area contributed by atoms with E-state index in [1.165, 1.54) is 0 Å². The van der Waals surface area contributed by atoms with E-state index in [0.29, 0.717) is 6.54 Å². The van der Waals surface area contributed by atoms with Gasteiger partial charge in [0, 0.05) is 29.9 Å². The van der Waals surface area contributed by atoms with Crippen molar-refractivity contribution < 1.29 is 4.79 Å². The molecule has 20 heavy (non-hydrogen) atoms. The minimum absolute atomic E-state index is 0.0272. The molecule has 0 radical (unpaired) electrons. The quantitative estimate of drug-likeness (QED) is 0.830. The molecule has 1 aromatic heterocycles. The monoisotopic (exact) mass is 278 g/mol. The van der Waals surface area contributed by atoms with Crippen molar-refractivity contribution in [3.63, 3.8) is 0 Å². The third-order valence-electron chi connectivity index (χ3n) is 2.90. The second kappa shape index (κ2) is 6.70. The molecule has 0 aromatic carbocycles. The summed E-state index contributed by atoms with van der Waals surface area (Å²) in [5, 5.41) is 3.44. The van der Waals surface area contributed by atoms with Gasteiger partial charge in [-0.1, -0.05) is 6.07 Å². The second-order valence-corrected chi connectivity index (χ2v) is 6.28. The van der Waals surface area contributed by atoms with Crippen molar-refractivity contribution in [1.82, 2.24) is 10.3 Å². The molecular formula is C15H26N4O. The van der Waals surface area contributed by atoms with Crippen LogP contribution in [-0.4, -0.2) is 29.0 Å². The molecule has 3 N–H and O–H groups in total. The van der Waals surface area contributed by atoms with Gasteiger partial charge in [0.15, 0.2) is 0 Å². The molecule has 0 aliphatic carbocycles. The highest BCUT2D eigenvalue weighted by molar-refractivity contribution is 5.79. The number of hydrogen-bond donors (Lipinski definition) is 2. The Hall–Kier alpha value is -1.62. The van der Waals surface area contributed by atoms with E-state index in [4.69, 9.17) is 5.73 Å². The van der Waals surface area contributed by atoms with Crippen LogP contribution < -0.4 is 16.0 Å². The number of nitrogens with zero attached hydrogens (tertiary/aromatic N) is 2. The van der Waals surface area contributed by atoms with Gasteiger partial charge in [-0.25, -0.2) is 4.98 Å². The van der Waals surface area contributed by atoms with Crippen molar-refractivity contribution in [2.75, 3.05) is 11.4 Å². The molecule has 1 rings (SSSR count). The van der Waals surface area contributed by atoms with Gasteiger partial charge in [-0.3, -0.25) is 4.79 Å². The van der Waals surface area contributed by atoms with Crippen LogP contribution in [0.1, 0.15) is 40.2 Å². The average Bonchev–Trinajstić information content (AvgIpc) is 2.32. The van der Waals surface area contributed by atoms with Crippen LogP contribution in [0.4, 0.5) is 5.82 Å². The van der Waals surface area contributed by atoms with Gasteiger partial charge in [0.2, 0.25) is 5.91 Å². The van der Waals surface area contributed by atoms with Gasteiger partial charge in [-0.2, -0.15) is 0 Å². The molecule has 1 amide bonds. The number of amides is 1. The maximum absolute atomic E-state index is 11.3. The van der Waals surface area contributed by atoms with E-state index in [0.717, 1.165) is 11.4 Å². The maximum Gasteiger partial charge on any atom is 0.237 e. The van der Waals surface area contributed by atoms with Crippen LogP contribution in [0.2, 0.25) is 0 Å². The number of nitrogens with two attached hydrogens (primary N) is 1. The van der Waals surface area contributed by atoms with Crippen molar-refractivity contribution >= 4 is 11.7 Å². The van der Waals surface area contributed by atoms with Crippen LogP contribution in [0.15, 0.2) is 18.3 Å². The summed E-state index contributed by atoms with van der Waals surface area (Å²) in [6.45, 7) is 11.3. The van der Waals surface area contributed by atoms with E-state index >= 15 is 0 Å². The third kappa shape index (κ3) is 5.17. The molecular weight excluding hydrogens is 252 g/mol.